The average Bonchev–Trinajstić information content (AvgIpc) is 2.89. The van der Waals surface area contributed by atoms with E-state index in [4.69, 9.17) is 0 Å². The number of aromatic nitrogens is 1. The number of hydrogen-bond donors (Lipinski definition) is 1. The Morgan fingerprint density at radius 3 is 2.90 bits per heavy atom. The molecular weight excluding hydrogens is 309 g/mol. The molecule has 0 radical (unpaired) electrons. The number of thioether (sulfide) groups is 1. The Labute approximate surface area is 130 Å². The van der Waals surface area contributed by atoms with Crippen LogP contribution in [0.4, 0.5) is 4.39 Å². The molecule has 1 aliphatic carbocycles. The maximum absolute atomic E-state index is 12.8. The first-order valence-electron chi connectivity index (χ1n) is 6.73. The lowest BCUT2D eigenvalue weighted by Gasteiger charge is -2.16. The molecule has 0 aliphatic heterocycles. The van der Waals surface area contributed by atoms with Crippen molar-refractivity contribution in [3.05, 3.63) is 45.7 Å². The van der Waals surface area contributed by atoms with Crippen LogP contribution < -0.4 is 0 Å². The van der Waals surface area contributed by atoms with E-state index in [0.29, 0.717) is 12.2 Å². The Morgan fingerprint density at radius 2 is 2.19 bits per heavy atom. The predicted molar refractivity (Wildman–Crippen MR) is 81.4 cm³/mol. The first-order valence-corrected chi connectivity index (χ1v) is 8.53. The van der Waals surface area contributed by atoms with E-state index in [1.165, 1.54) is 12.1 Å². The molecule has 6 heteroatoms. The predicted octanol–water partition coefficient (Wildman–Crippen LogP) is 4.08. The van der Waals surface area contributed by atoms with E-state index in [9.17, 15) is 14.3 Å². The Morgan fingerprint density at radius 1 is 1.43 bits per heavy atom. The number of rotatable bonds is 4. The van der Waals surface area contributed by atoms with E-state index in [2.05, 4.69) is 4.98 Å². The molecule has 0 amide bonds. The third-order valence-electron chi connectivity index (χ3n) is 3.47. The highest BCUT2D eigenvalue weighted by Gasteiger charge is 2.29. The molecule has 0 fully saturated rings. The van der Waals surface area contributed by atoms with E-state index in [1.807, 2.05) is 0 Å². The average molecular weight is 323 g/mol. The van der Waals surface area contributed by atoms with Gasteiger partial charge in [-0.15, -0.1) is 23.1 Å². The van der Waals surface area contributed by atoms with Gasteiger partial charge in [0.05, 0.1) is 17.4 Å². The lowest BCUT2D eigenvalue weighted by molar-refractivity contribution is -0.139. The topological polar surface area (TPSA) is 50.2 Å². The molecule has 0 spiro atoms. The van der Waals surface area contributed by atoms with Gasteiger partial charge < -0.3 is 5.11 Å². The van der Waals surface area contributed by atoms with Crippen LogP contribution >= 0.6 is 23.1 Å². The van der Waals surface area contributed by atoms with Crippen molar-refractivity contribution in [2.75, 3.05) is 0 Å². The second-order valence-corrected chi connectivity index (χ2v) is 7.16. The van der Waals surface area contributed by atoms with E-state index >= 15 is 0 Å². The summed E-state index contributed by atoms with van der Waals surface area (Å²) < 4.78 is 12.8. The highest BCUT2D eigenvalue weighted by Crippen LogP contribution is 2.36. The number of hydrogen-bond acceptors (Lipinski definition) is 4. The van der Waals surface area contributed by atoms with Gasteiger partial charge in [0.1, 0.15) is 10.8 Å². The van der Waals surface area contributed by atoms with E-state index < -0.39 is 11.9 Å². The molecular formula is C15H14FNO2S2. The lowest BCUT2D eigenvalue weighted by atomic mass is 9.91. The molecule has 1 aliphatic rings. The van der Waals surface area contributed by atoms with Gasteiger partial charge in [0.15, 0.2) is 0 Å². The molecule has 1 atom stereocenters. The number of benzene rings is 1. The SMILES string of the molecule is O=C(O)C1CCCc2sc(CSc3ccc(F)cc3)nc21. The first-order chi connectivity index (χ1) is 10.1. The zero-order valence-corrected chi connectivity index (χ0v) is 12.8. The number of fused-ring (bicyclic) bond motifs is 1. The minimum atomic E-state index is -0.779. The van der Waals surface area contributed by atoms with Crippen molar-refractivity contribution in [1.29, 1.82) is 0 Å². The third kappa shape index (κ3) is 3.27. The molecule has 0 bridgehead atoms. The second kappa shape index (κ2) is 6.15. The fourth-order valence-corrected chi connectivity index (χ4v) is 4.51. The number of thiazole rings is 1. The summed E-state index contributed by atoms with van der Waals surface area (Å²) >= 11 is 3.20. The van der Waals surface area contributed by atoms with Gasteiger partial charge in [-0.3, -0.25) is 4.79 Å². The smallest absolute Gasteiger partial charge is 0.312 e. The number of nitrogens with zero attached hydrogens (tertiary/aromatic N) is 1. The fraction of sp³-hybridized carbons (Fsp3) is 0.333. The summed E-state index contributed by atoms with van der Waals surface area (Å²) in [7, 11) is 0. The highest BCUT2D eigenvalue weighted by atomic mass is 32.2. The minimum absolute atomic E-state index is 0.242. The van der Waals surface area contributed by atoms with Crippen LogP contribution in [-0.2, 0) is 17.0 Å². The molecule has 2 aromatic rings. The summed E-state index contributed by atoms with van der Waals surface area (Å²) in [6.07, 6.45) is 2.52. The van der Waals surface area contributed by atoms with Crippen molar-refractivity contribution in [2.24, 2.45) is 0 Å². The standard InChI is InChI=1S/C15H14FNO2S2/c16-9-4-6-10(7-5-9)20-8-13-17-14-11(15(18)19)2-1-3-12(14)21-13/h4-7,11H,1-3,8H2,(H,18,19). The molecule has 1 aromatic heterocycles. The van der Waals surface area contributed by atoms with Crippen LogP contribution in [-0.4, -0.2) is 16.1 Å². The van der Waals surface area contributed by atoms with Gasteiger partial charge in [-0.2, -0.15) is 0 Å². The molecule has 1 unspecified atom stereocenters. The number of aliphatic carboxylic acids is 1. The Balaban J connectivity index is 1.72. The van der Waals surface area contributed by atoms with Crippen LogP contribution in [0.5, 0.6) is 0 Å². The zero-order valence-electron chi connectivity index (χ0n) is 11.2. The number of carbonyl (C=O) groups is 1. The largest absolute Gasteiger partial charge is 0.481 e. The molecule has 1 heterocycles. The van der Waals surface area contributed by atoms with Crippen molar-refractivity contribution in [3.8, 4) is 0 Å². The Hall–Kier alpha value is -1.40. The molecule has 21 heavy (non-hydrogen) atoms. The van der Waals surface area contributed by atoms with Gasteiger partial charge >= 0.3 is 5.97 Å². The Bertz CT molecular complexity index is 654. The van der Waals surface area contributed by atoms with Gasteiger partial charge in [-0.25, -0.2) is 9.37 Å². The zero-order chi connectivity index (χ0) is 14.8. The van der Waals surface area contributed by atoms with Gasteiger partial charge in [0.25, 0.3) is 0 Å². The van der Waals surface area contributed by atoms with Gasteiger partial charge in [-0.05, 0) is 43.5 Å². The molecule has 3 rings (SSSR count). The quantitative estimate of drug-likeness (QED) is 0.861. The van der Waals surface area contributed by atoms with Crippen LogP contribution in [0.25, 0.3) is 0 Å². The van der Waals surface area contributed by atoms with Crippen molar-refractivity contribution in [2.45, 2.75) is 35.8 Å². The molecule has 1 aromatic carbocycles. The summed E-state index contributed by atoms with van der Waals surface area (Å²) in [6, 6.07) is 6.37. The molecule has 110 valence electrons. The van der Waals surface area contributed by atoms with Crippen LogP contribution in [0.1, 0.15) is 34.3 Å². The Kier molecular flexibility index (Phi) is 4.26. The minimum Gasteiger partial charge on any atom is -0.481 e. The van der Waals surface area contributed by atoms with Crippen molar-refractivity contribution in [3.63, 3.8) is 0 Å². The van der Waals surface area contributed by atoms with Crippen LogP contribution in [0.2, 0.25) is 0 Å². The van der Waals surface area contributed by atoms with E-state index in [-0.39, 0.29) is 5.82 Å². The second-order valence-electron chi connectivity index (χ2n) is 4.94. The maximum atomic E-state index is 12.8. The van der Waals surface area contributed by atoms with Gasteiger partial charge in [-0.1, -0.05) is 0 Å². The van der Waals surface area contributed by atoms with Crippen LogP contribution in [0.15, 0.2) is 29.2 Å². The van der Waals surface area contributed by atoms with Crippen LogP contribution in [0, 0.1) is 5.82 Å². The summed E-state index contributed by atoms with van der Waals surface area (Å²) in [5.41, 5.74) is 0.758. The van der Waals surface area contributed by atoms with Crippen LogP contribution in [0.3, 0.4) is 0 Å². The van der Waals surface area contributed by atoms with Crippen molar-refractivity contribution < 1.29 is 14.3 Å². The highest BCUT2D eigenvalue weighted by molar-refractivity contribution is 7.98. The summed E-state index contributed by atoms with van der Waals surface area (Å²) in [5.74, 6) is -0.780. The first kappa shape index (κ1) is 14.5. The number of aryl methyl sites for hydroxylation is 1. The monoisotopic (exact) mass is 323 g/mol. The summed E-state index contributed by atoms with van der Waals surface area (Å²) in [6.45, 7) is 0. The molecule has 1 N–H and O–H groups in total. The van der Waals surface area contributed by atoms with Gasteiger partial charge in [0, 0.05) is 9.77 Å². The van der Waals surface area contributed by atoms with E-state index in [1.54, 1.807) is 35.2 Å². The fourth-order valence-electron chi connectivity index (χ4n) is 2.45. The number of carboxylic acid groups (broad SMARTS) is 1. The lowest BCUT2D eigenvalue weighted by Crippen LogP contribution is -2.17. The van der Waals surface area contributed by atoms with Crippen molar-refractivity contribution in [1.82, 2.24) is 4.98 Å². The third-order valence-corrected chi connectivity index (χ3v) is 5.81. The molecule has 0 saturated heterocycles. The van der Waals surface area contributed by atoms with Gasteiger partial charge in [0.2, 0.25) is 0 Å². The summed E-state index contributed by atoms with van der Waals surface area (Å²) in [5, 5.41) is 10.2. The van der Waals surface area contributed by atoms with Crippen molar-refractivity contribution >= 4 is 29.1 Å². The normalized spacial score (nSPS) is 17.5. The molecule has 3 nitrogen and oxygen atoms in total. The molecule has 0 saturated carbocycles. The number of carboxylic acids is 1. The van der Waals surface area contributed by atoms with E-state index in [0.717, 1.165) is 33.3 Å². The summed E-state index contributed by atoms with van der Waals surface area (Å²) in [4.78, 5) is 17.9. The maximum Gasteiger partial charge on any atom is 0.312 e. The number of halogens is 1.